The van der Waals surface area contributed by atoms with Gasteiger partial charge in [-0.3, -0.25) is 24.0 Å². The van der Waals surface area contributed by atoms with E-state index < -0.39 is 53.9 Å². The maximum atomic E-state index is 13.5. The van der Waals surface area contributed by atoms with Crippen molar-refractivity contribution in [3.63, 3.8) is 0 Å². The van der Waals surface area contributed by atoms with Crippen LogP contribution >= 0.6 is 11.8 Å². The zero-order valence-electron chi connectivity index (χ0n) is 24.5. The molecular weight excluding hydrogens is 568 g/mol. The van der Waals surface area contributed by atoms with E-state index in [2.05, 4.69) is 15.6 Å². The Bertz CT molecular complexity index is 1410. The first-order valence-corrected chi connectivity index (χ1v) is 15.6. The van der Waals surface area contributed by atoms with Crippen LogP contribution in [0.25, 0.3) is 10.9 Å². The summed E-state index contributed by atoms with van der Waals surface area (Å²) in [5, 5.41) is 16.2. The Hall–Kier alpha value is -3.96. The Kier molecular flexibility index (Phi) is 13.0. The summed E-state index contributed by atoms with van der Waals surface area (Å²) in [7, 11) is 1.69. The largest absolute Gasteiger partial charge is 0.481 e. The van der Waals surface area contributed by atoms with E-state index in [1.54, 1.807) is 31.3 Å². The van der Waals surface area contributed by atoms with Crippen molar-refractivity contribution in [3.05, 3.63) is 71.9 Å². The van der Waals surface area contributed by atoms with E-state index in [-0.39, 0.29) is 25.0 Å². The number of carbonyl (C=O) groups excluding carboxylic acids is 4. The third-order valence-corrected chi connectivity index (χ3v) is 8.23. The second-order valence-corrected chi connectivity index (χ2v) is 11.7. The lowest BCUT2D eigenvalue weighted by Crippen LogP contribution is -2.47. The van der Waals surface area contributed by atoms with Crippen LogP contribution in [-0.2, 0) is 36.8 Å². The molecule has 3 rings (SSSR count). The molecule has 0 saturated heterocycles. The summed E-state index contributed by atoms with van der Waals surface area (Å²) in [4.78, 5) is 67.1. The summed E-state index contributed by atoms with van der Waals surface area (Å²) in [6.07, 6.45) is 3.72. The number of benzene rings is 2. The van der Waals surface area contributed by atoms with Gasteiger partial charge in [-0.05, 0) is 55.5 Å². The first-order valence-electron chi connectivity index (χ1n) is 14.2. The number of fused-ring (bicyclic) bond motifs is 1. The van der Waals surface area contributed by atoms with Crippen LogP contribution in [0.4, 0.5) is 0 Å². The Morgan fingerprint density at radius 1 is 0.884 bits per heavy atom. The molecule has 6 N–H and O–H groups in total. The van der Waals surface area contributed by atoms with Gasteiger partial charge in [0.1, 0.15) is 0 Å². The number of para-hydroxylation sites is 1. The summed E-state index contributed by atoms with van der Waals surface area (Å²) in [5.74, 6) is -4.32. The van der Waals surface area contributed by atoms with Gasteiger partial charge < -0.3 is 26.5 Å². The number of H-pyrrole nitrogens is 1. The fourth-order valence-corrected chi connectivity index (χ4v) is 5.66. The maximum Gasteiger partial charge on any atom is 0.305 e. The number of nitrogens with one attached hydrogen (secondary N) is 3. The quantitative estimate of drug-likeness (QED) is 0.138. The molecule has 3 aromatic rings. The van der Waals surface area contributed by atoms with Crippen molar-refractivity contribution in [2.75, 3.05) is 19.1 Å². The van der Waals surface area contributed by atoms with Crippen molar-refractivity contribution in [2.45, 2.75) is 50.6 Å². The SMILES string of the molecule is CN[C@H](Cc1c[nH]c2ccccc12)C(=O)C[C@H](CCSC)C(=O)N[C@H](CC(=O)O)C(=O)C[C@H](Cc1ccccc1)C(N)=O. The normalized spacial score (nSPS) is 14.0. The molecule has 2 aromatic carbocycles. The Morgan fingerprint density at radius 3 is 2.19 bits per heavy atom. The number of thioether (sulfide) groups is 1. The zero-order valence-corrected chi connectivity index (χ0v) is 25.3. The lowest BCUT2D eigenvalue weighted by molar-refractivity contribution is -0.141. The second-order valence-electron chi connectivity index (χ2n) is 10.7. The zero-order chi connectivity index (χ0) is 31.4. The van der Waals surface area contributed by atoms with Gasteiger partial charge >= 0.3 is 5.97 Å². The number of carboxylic acids is 1. The third kappa shape index (κ3) is 10.1. The molecule has 0 fully saturated rings. The molecule has 0 unspecified atom stereocenters. The highest BCUT2D eigenvalue weighted by Gasteiger charge is 2.32. The molecule has 4 atom stereocenters. The van der Waals surface area contributed by atoms with Crippen LogP contribution in [0.15, 0.2) is 60.8 Å². The Balaban J connectivity index is 1.72. The van der Waals surface area contributed by atoms with Crippen LogP contribution in [-0.4, -0.2) is 70.6 Å². The van der Waals surface area contributed by atoms with Crippen molar-refractivity contribution in [1.82, 2.24) is 15.6 Å². The van der Waals surface area contributed by atoms with Crippen LogP contribution in [0.1, 0.15) is 36.8 Å². The minimum atomic E-state index is -1.36. The smallest absolute Gasteiger partial charge is 0.305 e. The molecule has 0 radical (unpaired) electrons. The number of aliphatic carboxylic acids is 1. The fraction of sp³-hybridized carbons (Fsp3) is 0.406. The number of hydrogen-bond donors (Lipinski definition) is 5. The molecule has 0 aliphatic heterocycles. The third-order valence-electron chi connectivity index (χ3n) is 7.58. The summed E-state index contributed by atoms with van der Waals surface area (Å²) in [5.41, 5.74) is 8.32. The van der Waals surface area contributed by atoms with E-state index in [9.17, 15) is 29.1 Å². The van der Waals surface area contributed by atoms with Crippen LogP contribution < -0.4 is 16.4 Å². The second kappa shape index (κ2) is 16.6. The van der Waals surface area contributed by atoms with Crippen molar-refractivity contribution in [1.29, 1.82) is 0 Å². The number of amides is 2. The molecule has 1 aromatic heterocycles. The van der Waals surface area contributed by atoms with E-state index in [4.69, 9.17) is 5.73 Å². The number of Topliss-reactive ketones (excluding diaryl/α,β-unsaturated/α-hetero) is 2. The summed E-state index contributed by atoms with van der Waals surface area (Å²) in [6.45, 7) is 0. The van der Waals surface area contributed by atoms with Gasteiger partial charge in [0, 0.05) is 41.8 Å². The van der Waals surface area contributed by atoms with Crippen molar-refractivity contribution < 1.29 is 29.1 Å². The minimum absolute atomic E-state index is 0.0772. The predicted molar refractivity (Wildman–Crippen MR) is 168 cm³/mol. The highest BCUT2D eigenvalue weighted by molar-refractivity contribution is 7.98. The summed E-state index contributed by atoms with van der Waals surface area (Å²) >= 11 is 1.52. The fourth-order valence-electron chi connectivity index (χ4n) is 5.13. The van der Waals surface area contributed by atoms with E-state index in [0.717, 1.165) is 22.0 Å². The molecule has 230 valence electrons. The van der Waals surface area contributed by atoms with Crippen molar-refractivity contribution in [3.8, 4) is 0 Å². The molecule has 10 nitrogen and oxygen atoms in total. The number of aromatic amines is 1. The molecule has 43 heavy (non-hydrogen) atoms. The van der Waals surface area contributed by atoms with Crippen LogP contribution in [0.5, 0.6) is 0 Å². The molecule has 0 spiro atoms. The van der Waals surface area contributed by atoms with Gasteiger partial charge in [0.15, 0.2) is 11.6 Å². The topological polar surface area (TPSA) is 171 Å². The lowest BCUT2D eigenvalue weighted by Gasteiger charge is -2.23. The number of nitrogens with two attached hydrogens (primary N) is 1. The van der Waals surface area contributed by atoms with E-state index in [1.807, 2.05) is 42.8 Å². The molecule has 0 bridgehead atoms. The van der Waals surface area contributed by atoms with Gasteiger partial charge in [-0.1, -0.05) is 48.5 Å². The number of hydrogen-bond acceptors (Lipinski definition) is 7. The number of rotatable bonds is 19. The Labute approximate surface area is 255 Å². The number of aromatic nitrogens is 1. The first-order chi connectivity index (χ1) is 20.6. The van der Waals surface area contributed by atoms with Gasteiger partial charge in [-0.2, -0.15) is 11.8 Å². The predicted octanol–water partition coefficient (Wildman–Crippen LogP) is 2.89. The van der Waals surface area contributed by atoms with Gasteiger partial charge in [0.2, 0.25) is 11.8 Å². The molecule has 1 heterocycles. The van der Waals surface area contributed by atoms with Gasteiger partial charge in [0.05, 0.1) is 18.5 Å². The highest BCUT2D eigenvalue weighted by atomic mass is 32.2. The summed E-state index contributed by atoms with van der Waals surface area (Å²) < 4.78 is 0. The maximum absolute atomic E-state index is 13.5. The van der Waals surface area contributed by atoms with Gasteiger partial charge in [-0.15, -0.1) is 0 Å². The first kappa shape index (κ1) is 33.5. The van der Waals surface area contributed by atoms with E-state index in [1.165, 1.54) is 11.8 Å². The molecule has 11 heteroatoms. The van der Waals surface area contributed by atoms with Gasteiger partial charge in [0.25, 0.3) is 0 Å². The average molecular weight is 609 g/mol. The minimum Gasteiger partial charge on any atom is -0.481 e. The highest BCUT2D eigenvalue weighted by Crippen LogP contribution is 2.22. The van der Waals surface area contributed by atoms with Crippen molar-refractivity contribution >= 4 is 52.0 Å². The number of carbonyl (C=O) groups is 5. The number of primary amides is 1. The van der Waals surface area contributed by atoms with E-state index in [0.29, 0.717) is 18.6 Å². The molecule has 0 aliphatic rings. The van der Waals surface area contributed by atoms with Gasteiger partial charge in [-0.25, -0.2) is 0 Å². The summed E-state index contributed by atoms with van der Waals surface area (Å²) in [6, 6.07) is 14.9. The lowest BCUT2D eigenvalue weighted by atomic mass is 9.89. The molecule has 0 aliphatic carbocycles. The van der Waals surface area contributed by atoms with Crippen LogP contribution in [0.3, 0.4) is 0 Å². The van der Waals surface area contributed by atoms with Crippen molar-refractivity contribution in [2.24, 2.45) is 17.6 Å². The number of carboxylic acid groups (broad SMARTS) is 1. The molecule has 0 saturated carbocycles. The molecular formula is C32H40N4O6S. The Morgan fingerprint density at radius 2 is 1.53 bits per heavy atom. The number of ketones is 2. The van der Waals surface area contributed by atoms with Crippen LogP contribution in [0.2, 0.25) is 0 Å². The van der Waals surface area contributed by atoms with Crippen LogP contribution in [0, 0.1) is 11.8 Å². The van der Waals surface area contributed by atoms with E-state index >= 15 is 0 Å². The monoisotopic (exact) mass is 608 g/mol. The molecule has 2 amide bonds. The average Bonchev–Trinajstić information content (AvgIpc) is 3.40. The number of likely N-dealkylation sites (N-methyl/N-ethyl adjacent to an activating group) is 1. The standard InChI is InChI=1S/C32H40N4O6S/c1-34-26(15-23-19-35-25-11-7-6-10-24(23)25)28(37)16-21(12-13-43-2)32(42)36-27(18-30(39)40)29(38)17-22(31(33)41)14-20-8-4-3-5-9-20/h3-11,19,21-22,26-27,34-35H,12-18H2,1-2H3,(H2,33,41)(H,36,42)(H,39,40)/t21-,22-,26+,27+/m0/s1.